The molecule has 0 N–H and O–H groups in total. The van der Waals surface area contributed by atoms with E-state index < -0.39 is 5.41 Å². The Balaban J connectivity index is 2.44. The summed E-state index contributed by atoms with van der Waals surface area (Å²) in [6, 6.07) is 8.97. The quantitative estimate of drug-likeness (QED) is 0.586. The third-order valence-electron chi connectivity index (χ3n) is 3.18. The summed E-state index contributed by atoms with van der Waals surface area (Å²) in [7, 11) is 0. The molecule has 1 aliphatic rings. The highest BCUT2D eigenvalue weighted by atomic mass is 16.2. The average molecular weight is 226 g/mol. The van der Waals surface area contributed by atoms with Crippen molar-refractivity contribution in [1.82, 2.24) is 0 Å². The van der Waals surface area contributed by atoms with E-state index in [-0.39, 0.29) is 11.6 Å². The highest BCUT2D eigenvalue weighted by Gasteiger charge is 2.41. The molecular formula is C15H14O2. The molecule has 1 aromatic rings. The van der Waals surface area contributed by atoms with Crippen molar-refractivity contribution in [2.45, 2.75) is 13.3 Å². The van der Waals surface area contributed by atoms with Crippen LogP contribution in [0.4, 0.5) is 0 Å². The Bertz CT molecular complexity index is 497. The van der Waals surface area contributed by atoms with Gasteiger partial charge in [-0.05, 0) is 12.5 Å². The number of hydrogen-bond donors (Lipinski definition) is 0. The van der Waals surface area contributed by atoms with E-state index >= 15 is 0 Å². The summed E-state index contributed by atoms with van der Waals surface area (Å²) < 4.78 is 0. The van der Waals surface area contributed by atoms with E-state index in [0.29, 0.717) is 12.0 Å². The lowest BCUT2D eigenvalue weighted by Crippen LogP contribution is -2.37. The molecule has 0 saturated carbocycles. The molecule has 0 amide bonds. The number of rotatable bonds is 3. The van der Waals surface area contributed by atoms with E-state index in [0.717, 1.165) is 0 Å². The minimum absolute atomic E-state index is 0.119. The van der Waals surface area contributed by atoms with Gasteiger partial charge >= 0.3 is 0 Å². The van der Waals surface area contributed by atoms with E-state index in [1.54, 1.807) is 30.4 Å². The fourth-order valence-corrected chi connectivity index (χ4v) is 2.08. The first-order chi connectivity index (χ1) is 8.20. The monoisotopic (exact) mass is 226 g/mol. The molecule has 0 spiro atoms. The molecule has 0 aliphatic heterocycles. The molecule has 0 radical (unpaired) electrons. The van der Waals surface area contributed by atoms with Gasteiger partial charge in [0.15, 0.2) is 11.6 Å². The van der Waals surface area contributed by atoms with Crippen LogP contribution in [0.25, 0.3) is 0 Å². The van der Waals surface area contributed by atoms with Gasteiger partial charge in [-0.3, -0.25) is 9.59 Å². The van der Waals surface area contributed by atoms with Gasteiger partial charge in [-0.2, -0.15) is 0 Å². The van der Waals surface area contributed by atoms with Crippen molar-refractivity contribution in [2.75, 3.05) is 0 Å². The highest BCUT2D eigenvalue weighted by molar-refractivity contribution is 6.19. The maximum Gasteiger partial charge on any atom is 0.180 e. The molecule has 1 aromatic carbocycles. The smallest absolute Gasteiger partial charge is 0.180 e. The van der Waals surface area contributed by atoms with Crippen molar-refractivity contribution in [1.29, 1.82) is 0 Å². The van der Waals surface area contributed by atoms with Gasteiger partial charge in [-0.1, -0.05) is 55.5 Å². The summed E-state index contributed by atoms with van der Waals surface area (Å²) in [5.41, 5.74) is -0.418. The van der Waals surface area contributed by atoms with Crippen LogP contribution in [0.5, 0.6) is 0 Å². The summed E-state index contributed by atoms with van der Waals surface area (Å²) >= 11 is 0. The maximum atomic E-state index is 12.5. The van der Waals surface area contributed by atoms with Crippen LogP contribution in [0.2, 0.25) is 0 Å². The molecule has 2 rings (SSSR count). The Morgan fingerprint density at radius 3 is 2.47 bits per heavy atom. The van der Waals surface area contributed by atoms with Crippen LogP contribution in [0.1, 0.15) is 23.7 Å². The molecule has 0 fully saturated rings. The second-order valence-corrected chi connectivity index (χ2v) is 4.10. The van der Waals surface area contributed by atoms with Crippen LogP contribution in [0.3, 0.4) is 0 Å². The summed E-state index contributed by atoms with van der Waals surface area (Å²) in [6.07, 6.45) is 7.12. The average Bonchev–Trinajstić information content (AvgIpc) is 2.40. The van der Waals surface area contributed by atoms with E-state index in [4.69, 9.17) is 0 Å². The van der Waals surface area contributed by atoms with Crippen LogP contribution in [0.15, 0.2) is 54.6 Å². The standard InChI is InChI=1S/C15H14O2/c1-2-15(11-7-6-10-13(15)16)14(17)12-8-4-3-5-9-12/h3-11H,2H2,1H3. The number of carbonyl (C=O) groups is 2. The SMILES string of the molecule is CCC1(C(=O)c2ccccc2)C=CC=CC1=O. The second-order valence-electron chi connectivity index (χ2n) is 4.10. The zero-order valence-corrected chi connectivity index (χ0v) is 9.72. The zero-order valence-electron chi connectivity index (χ0n) is 9.72. The zero-order chi connectivity index (χ0) is 12.3. The summed E-state index contributed by atoms with van der Waals surface area (Å²) in [5.74, 6) is -0.248. The summed E-state index contributed by atoms with van der Waals surface area (Å²) in [5, 5.41) is 0. The van der Waals surface area contributed by atoms with Crippen LogP contribution in [-0.2, 0) is 4.79 Å². The van der Waals surface area contributed by atoms with Gasteiger partial charge in [0, 0.05) is 5.56 Å². The van der Waals surface area contributed by atoms with Crippen molar-refractivity contribution < 1.29 is 9.59 Å². The van der Waals surface area contributed by atoms with Crippen molar-refractivity contribution in [3.8, 4) is 0 Å². The Labute approximate surface area is 101 Å². The molecule has 17 heavy (non-hydrogen) atoms. The number of Topliss-reactive ketones (excluding diaryl/α,β-unsaturated/α-hetero) is 1. The van der Waals surface area contributed by atoms with E-state index in [2.05, 4.69) is 0 Å². The van der Waals surface area contributed by atoms with Crippen molar-refractivity contribution >= 4 is 11.6 Å². The third kappa shape index (κ3) is 1.86. The Morgan fingerprint density at radius 2 is 1.88 bits per heavy atom. The first kappa shape index (κ1) is 11.5. The predicted molar refractivity (Wildman–Crippen MR) is 66.8 cm³/mol. The van der Waals surface area contributed by atoms with Gasteiger partial charge in [0.05, 0.1) is 0 Å². The lowest BCUT2D eigenvalue weighted by molar-refractivity contribution is -0.119. The second kappa shape index (κ2) is 4.50. The number of carbonyl (C=O) groups excluding carboxylic acids is 2. The van der Waals surface area contributed by atoms with Gasteiger partial charge in [0.1, 0.15) is 5.41 Å². The minimum atomic E-state index is -1.00. The van der Waals surface area contributed by atoms with Gasteiger partial charge in [-0.25, -0.2) is 0 Å². The Hall–Kier alpha value is -1.96. The third-order valence-corrected chi connectivity index (χ3v) is 3.18. The maximum absolute atomic E-state index is 12.5. The first-order valence-electron chi connectivity index (χ1n) is 5.71. The number of allylic oxidation sites excluding steroid dienone is 4. The molecule has 1 unspecified atom stereocenters. The number of hydrogen-bond acceptors (Lipinski definition) is 2. The van der Waals surface area contributed by atoms with Crippen LogP contribution >= 0.6 is 0 Å². The highest BCUT2D eigenvalue weighted by Crippen LogP contribution is 2.32. The van der Waals surface area contributed by atoms with Crippen LogP contribution in [-0.4, -0.2) is 11.6 Å². The van der Waals surface area contributed by atoms with Gasteiger partial charge in [0.2, 0.25) is 0 Å². The lowest BCUT2D eigenvalue weighted by Gasteiger charge is -2.26. The number of benzene rings is 1. The number of ketones is 2. The van der Waals surface area contributed by atoms with E-state index in [1.807, 2.05) is 25.1 Å². The molecule has 0 saturated heterocycles. The van der Waals surface area contributed by atoms with Crippen molar-refractivity contribution in [3.63, 3.8) is 0 Å². The normalized spacial score (nSPS) is 22.8. The predicted octanol–water partition coefficient (Wildman–Crippen LogP) is 2.96. The molecule has 2 nitrogen and oxygen atoms in total. The summed E-state index contributed by atoms with van der Waals surface area (Å²) in [6.45, 7) is 1.86. The fraction of sp³-hybridized carbons (Fsp3) is 0.200. The molecule has 86 valence electrons. The lowest BCUT2D eigenvalue weighted by atomic mass is 9.72. The molecule has 0 heterocycles. The molecular weight excluding hydrogens is 212 g/mol. The molecule has 0 aromatic heterocycles. The molecule has 2 heteroatoms. The van der Waals surface area contributed by atoms with E-state index in [1.165, 1.54) is 6.08 Å². The fourth-order valence-electron chi connectivity index (χ4n) is 2.08. The van der Waals surface area contributed by atoms with Gasteiger partial charge in [0.25, 0.3) is 0 Å². The van der Waals surface area contributed by atoms with Gasteiger partial charge < -0.3 is 0 Å². The topological polar surface area (TPSA) is 34.1 Å². The molecule has 0 bridgehead atoms. The van der Waals surface area contributed by atoms with Crippen LogP contribution < -0.4 is 0 Å². The minimum Gasteiger partial charge on any atom is -0.293 e. The Kier molecular flexibility index (Phi) is 3.05. The van der Waals surface area contributed by atoms with Crippen molar-refractivity contribution in [3.05, 3.63) is 60.2 Å². The molecule has 1 atom stereocenters. The first-order valence-corrected chi connectivity index (χ1v) is 5.71. The van der Waals surface area contributed by atoms with Gasteiger partial charge in [-0.15, -0.1) is 0 Å². The molecule has 1 aliphatic carbocycles. The largest absolute Gasteiger partial charge is 0.293 e. The van der Waals surface area contributed by atoms with Crippen LogP contribution in [0, 0.1) is 5.41 Å². The Morgan fingerprint density at radius 1 is 1.18 bits per heavy atom. The summed E-state index contributed by atoms with van der Waals surface area (Å²) in [4.78, 5) is 24.5. The van der Waals surface area contributed by atoms with E-state index in [9.17, 15) is 9.59 Å². The van der Waals surface area contributed by atoms with Crippen molar-refractivity contribution in [2.24, 2.45) is 5.41 Å².